The molecule has 0 aliphatic carbocycles. The Bertz CT molecular complexity index is 608. The van der Waals surface area contributed by atoms with Gasteiger partial charge in [0.15, 0.2) is 5.69 Å². The quantitative estimate of drug-likeness (QED) is 0.887. The standard InChI is InChI=1S/C14H19N5OS/c1-8(2)14-17-11(7-21-14)9(3)16-12-6-5-10(18-19-12)13(20)15-4/h5-9H,1-4H3,(H,15,20)(H,16,19). The molecule has 0 aliphatic rings. The zero-order chi connectivity index (χ0) is 15.4. The van der Waals surface area contributed by atoms with Crippen molar-refractivity contribution in [2.75, 3.05) is 12.4 Å². The summed E-state index contributed by atoms with van der Waals surface area (Å²) >= 11 is 1.67. The van der Waals surface area contributed by atoms with Gasteiger partial charge in [0.2, 0.25) is 0 Å². The zero-order valence-corrected chi connectivity index (χ0v) is 13.4. The molecule has 0 aromatic carbocycles. The highest BCUT2D eigenvalue weighted by molar-refractivity contribution is 7.09. The predicted molar refractivity (Wildman–Crippen MR) is 83.7 cm³/mol. The Hall–Kier alpha value is -2.02. The predicted octanol–water partition coefficient (Wildman–Crippen LogP) is 2.59. The Balaban J connectivity index is 2.04. The maximum atomic E-state index is 11.4. The molecule has 2 aromatic rings. The zero-order valence-electron chi connectivity index (χ0n) is 12.5. The SMILES string of the molecule is CNC(=O)c1ccc(NC(C)c2csc(C(C)C)n2)nn1. The molecule has 0 fully saturated rings. The first-order chi connectivity index (χ1) is 10.0. The molecule has 2 heterocycles. The van der Waals surface area contributed by atoms with E-state index < -0.39 is 0 Å². The highest BCUT2D eigenvalue weighted by atomic mass is 32.1. The second-order valence-corrected chi connectivity index (χ2v) is 5.90. The molecule has 7 heteroatoms. The first kappa shape index (κ1) is 15.4. The summed E-state index contributed by atoms with van der Waals surface area (Å²) in [6.45, 7) is 6.28. The van der Waals surface area contributed by atoms with Crippen molar-refractivity contribution in [2.45, 2.75) is 32.7 Å². The van der Waals surface area contributed by atoms with E-state index >= 15 is 0 Å². The van der Waals surface area contributed by atoms with Crippen molar-refractivity contribution in [2.24, 2.45) is 0 Å². The van der Waals surface area contributed by atoms with E-state index in [0.29, 0.717) is 17.4 Å². The third-order valence-corrected chi connectivity index (χ3v) is 4.13. The van der Waals surface area contributed by atoms with Crippen molar-refractivity contribution in [3.05, 3.63) is 33.9 Å². The van der Waals surface area contributed by atoms with E-state index in [1.165, 1.54) is 0 Å². The van der Waals surface area contributed by atoms with E-state index in [1.807, 2.05) is 6.92 Å². The lowest BCUT2D eigenvalue weighted by molar-refractivity contribution is 0.0957. The number of carbonyl (C=O) groups excluding carboxylic acids is 1. The highest BCUT2D eigenvalue weighted by Crippen LogP contribution is 2.24. The number of nitrogens with one attached hydrogen (secondary N) is 2. The van der Waals surface area contributed by atoms with Crippen LogP contribution in [0.3, 0.4) is 0 Å². The van der Waals surface area contributed by atoms with Crippen molar-refractivity contribution in [3.8, 4) is 0 Å². The fraction of sp³-hybridized carbons (Fsp3) is 0.429. The van der Waals surface area contributed by atoms with E-state index in [1.54, 1.807) is 30.5 Å². The number of thiazole rings is 1. The van der Waals surface area contributed by atoms with Crippen LogP contribution < -0.4 is 10.6 Å². The fourth-order valence-corrected chi connectivity index (χ4v) is 2.65. The number of carbonyl (C=O) groups is 1. The van der Waals surface area contributed by atoms with Gasteiger partial charge in [0.1, 0.15) is 5.82 Å². The van der Waals surface area contributed by atoms with Crippen molar-refractivity contribution in [1.82, 2.24) is 20.5 Å². The average molecular weight is 305 g/mol. The van der Waals surface area contributed by atoms with E-state index in [9.17, 15) is 4.79 Å². The summed E-state index contributed by atoms with van der Waals surface area (Å²) in [6, 6.07) is 3.42. The summed E-state index contributed by atoms with van der Waals surface area (Å²) in [5.74, 6) is 0.806. The molecule has 6 nitrogen and oxygen atoms in total. The number of rotatable bonds is 5. The highest BCUT2D eigenvalue weighted by Gasteiger charge is 2.13. The smallest absolute Gasteiger partial charge is 0.271 e. The first-order valence-corrected chi connectivity index (χ1v) is 7.67. The lowest BCUT2D eigenvalue weighted by atomic mass is 10.2. The second kappa shape index (κ2) is 6.62. The molecular formula is C14H19N5OS. The number of amides is 1. The molecule has 0 saturated heterocycles. The van der Waals surface area contributed by atoms with Gasteiger partial charge in [-0.1, -0.05) is 13.8 Å². The Morgan fingerprint density at radius 3 is 2.52 bits per heavy atom. The summed E-state index contributed by atoms with van der Waals surface area (Å²) in [4.78, 5) is 16.0. The molecule has 0 spiro atoms. The fourth-order valence-electron chi connectivity index (χ4n) is 1.72. The number of aromatic nitrogens is 3. The van der Waals surface area contributed by atoms with E-state index in [-0.39, 0.29) is 11.9 Å². The van der Waals surface area contributed by atoms with Gasteiger partial charge < -0.3 is 10.6 Å². The summed E-state index contributed by atoms with van der Waals surface area (Å²) in [5.41, 5.74) is 1.28. The van der Waals surface area contributed by atoms with Crippen LogP contribution in [-0.2, 0) is 0 Å². The van der Waals surface area contributed by atoms with Gasteiger partial charge in [-0.05, 0) is 19.1 Å². The molecule has 0 radical (unpaired) electrons. The van der Waals surface area contributed by atoms with Crippen LogP contribution in [0.4, 0.5) is 5.82 Å². The summed E-state index contributed by atoms with van der Waals surface area (Å²) in [7, 11) is 1.56. The van der Waals surface area contributed by atoms with Gasteiger partial charge in [-0.15, -0.1) is 21.5 Å². The first-order valence-electron chi connectivity index (χ1n) is 6.79. The number of hydrogen-bond donors (Lipinski definition) is 2. The van der Waals surface area contributed by atoms with Gasteiger partial charge in [-0.25, -0.2) is 4.98 Å². The van der Waals surface area contributed by atoms with Gasteiger partial charge >= 0.3 is 0 Å². The molecule has 2 N–H and O–H groups in total. The molecule has 112 valence electrons. The van der Waals surface area contributed by atoms with Crippen LogP contribution in [0.5, 0.6) is 0 Å². The minimum atomic E-state index is -0.247. The van der Waals surface area contributed by atoms with Crippen LogP contribution >= 0.6 is 11.3 Å². The number of hydrogen-bond acceptors (Lipinski definition) is 6. The molecule has 0 aliphatic heterocycles. The molecule has 0 bridgehead atoms. The maximum Gasteiger partial charge on any atom is 0.271 e. The van der Waals surface area contributed by atoms with Gasteiger partial charge in [-0.3, -0.25) is 4.79 Å². The third-order valence-electron chi connectivity index (χ3n) is 2.97. The van der Waals surface area contributed by atoms with Crippen LogP contribution in [0.15, 0.2) is 17.5 Å². The minimum Gasteiger partial charge on any atom is -0.360 e. The van der Waals surface area contributed by atoms with E-state index in [2.05, 4.69) is 45.0 Å². The summed E-state index contributed by atoms with van der Waals surface area (Å²) in [6.07, 6.45) is 0. The van der Waals surface area contributed by atoms with Crippen LogP contribution in [-0.4, -0.2) is 28.1 Å². The van der Waals surface area contributed by atoms with Crippen LogP contribution in [0, 0.1) is 0 Å². The van der Waals surface area contributed by atoms with Gasteiger partial charge in [0.05, 0.1) is 16.7 Å². The van der Waals surface area contributed by atoms with Crippen molar-refractivity contribution < 1.29 is 4.79 Å². The number of nitrogens with zero attached hydrogens (tertiary/aromatic N) is 3. The molecule has 1 unspecified atom stereocenters. The topological polar surface area (TPSA) is 79.8 Å². The average Bonchev–Trinajstić information content (AvgIpc) is 2.97. The maximum absolute atomic E-state index is 11.4. The largest absolute Gasteiger partial charge is 0.360 e. The van der Waals surface area contributed by atoms with Gasteiger partial charge in [-0.2, -0.15) is 0 Å². The summed E-state index contributed by atoms with van der Waals surface area (Å²) in [5, 5.41) is 16.8. The van der Waals surface area contributed by atoms with Gasteiger partial charge in [0.25, 0.3) is 5.91 Å². The molecule has 1 amide bonds. The van der Waals surface area contributed by atoms with Crippen LogP contribution in [0.25, 0.3) is 0 Å². The van der Waals surface area contributed by atoms with Crippen molar-refractivity contribution in [3.63, 3.8) is 0 Å². The van der Waals surface area contributed by atoms with Crippen molar-refractivity contribution in [1.29, 1.82) is 0 Å². The second-order valence-electron chi connectivity index (χ2n) is 5.01. The Morgan fingerprint density at radius 2 is 2.00 bits per heavy atom. The molecule has 2 aromatic heterocycles. The summed E-state index contributed by atoms with van der Waals surface area (Å²) < 4.78 is 0. The molecule has 21 heavy (non-hydrogen) atoms. The number of anilines is 1. The molecule has 0 saturated carbocycles. The van der Waals surface area contributed by atoms with Crippen molar-refractivity contribution >= 4 is 23.1 Å². The van der Waals surface area contributed by atoms with E-state index in [4.69, 9.17) is 0 Å². The Kier molecular flexibility index (Phi) is 4.85. The Labute approximate surface area is 128 Å². The normalized spacial score (nSPS) is 12.2. The van der Waals surface area contributed by atoms with Crippen LogP contribution in [0.2, 0.25) is 0 Å². The third kappa shape index (κ3) is 3.75. The minimum absolute atomic E-state index is 0.0360. The van der Waals surface area contributed by atoms with Gasteiger partial charge in [0, 0.05) is 18.3 Å². The van der Waals surface area contributed by atoms with Crippen LogP contribution in [0.1, 0.15) is 53.9 Å². The lowest BCUT2D eigenvalue weighted by Gasteiger charge is -2.11. The Morgan fingerprint density at radius 1 is 1.24 bits per heavy atom. The molecule has 1 atom stereocenters. The van der Waals surface area contributed by atoms with E-state index in [0.717, 1.165) is 10.7 Å². The molecular weight excluding hydrogens is 286 g/mol. The monoisotopic (exact) mass is 305 g/mol. The lowest BCUT2D eigenvalue weighted by Crippen LogP contribution is -2.20. The molecule has 2 rings (SSSR count).